The molecule has 5 aliphatic carbocycles. The van der Waals surface area contributed by atoms with Crippen molar-refractivity contribution in [2.75, 3.05) is 11.4 Å². The van der Waals surface area contributed by atoms with Crippen LogP contribution in [-0.2, 0) is 19.3 Å². The van der Waals surface area contributed by atoms with E-state index in [2.05, 4.69) is 168 Å². The second-order valence-electron chi connectivity index (χ2n) is 17.9. The molecular formula is C58H61N. The summed E-state index contributed by atoms with van der Waals surface area (Å²) in [6, 6.07) is 18.6. The minimum Gasteiger partial charge on any atom is -0.337 e. The van der Waals surface area contributed by atoms with Crippen molar-refractivity contribution in [3.8, 4) is 23.5 Å². The standard InChI is InChI=1S/C58H61N/c1-8-10-14-23-43-24-21-29-48(35-42(5)58(6,7)39-43)59(57-41(4)31-32-51-49-30-20-19-27-46(49)37-54(51)57)34-33-50-44(9-2)36-53-52(50)38-47-28-16-12-11-15-22-40(3)55(47)56(53)45-25-17-13-18-26-45/h1,9-14,17-19,21,23-27,29,31-33,35,38,40H,15-16,20,22,28,30,34,36-37,39H2,2-7H3/b12-11-,14-10-,24-21+,42-35+,43-23-,44-9-,48-29+,50-33+. The monoisotopic (exact) mass is 771 g/mol. The van der Waals surface area contributed by atoms with Crippen LogP contribution in [0.25, 0.3) is 22.3 Å². The summed E-state index contributed by atoms with van der Waals surface area (Å²) in [5, 5.41) is 0. The second kappa shape index (κ2) is 17.3. The average Bonchev–Trinajstić information content (AvgIpc) is 3.82. The van der Waals surface area contributed by atoms with Crippen molar-refractivity contribution in [1.29, 1.82) is 0 Å². The summed E-state index contributed by atoms with van der Waals surface area (Å²) in [6.45, 7) is 14.8. The Bertz CT molecular complexity index is 2500. The molecule has 1 atom stereocenters. The summed E-state index contributed by atoms with van der Waals surface area (Å²) in [5.41, 5.74) is 24.1. The molecule has 3 aromatic carbocycles. The zero-order valence-corrected chi connectivity index (χ0v) is 36.3. The summed E-state index contributed by atoms with van der Waals surface area (Å²) in [7, 11) is 0. The van der Waals surface area contributed by atoms with E-state index in [1.807, 2.05) is 6.08 Å². The van der Waals surface area contributed by atoms with Gasteiger partial charge < -0.3 is 4.90 Å². The molecular weight excluding hydrogens is 711 g/mol. The van der Waals surface area contributed by atoms with Gasteiger partial charge in [0.25, 0.3) is 0 Å². The fourth-order valence-corrected chi connectivity index (χ4v) is 10.3. The molecule has 298 valence electrons. The molecule has 59 heavy (non-hydrogen) atoms. The van der Waals surface area contributed by atoms with E-state index in [0.29, 0.717) is 5.92 Å². The van der Waals surface area contributed by atoms with Crippen LogP contribution in [0.1, 0.15) is 118 Å². The van der Waals surface area contributed by atoms with Crippen LogP contribution in [0.2, 0.25) is 0 Å². The lowest BCUT2D eigenvalue weighted by Gasteiger charge is -2.32. The molecule has 0 aliphatic heterocycles. The van der Waals surface area contributed by atoms with Crippen LogP contribution in [0.15, 0.2) is 156 Å². The highest BCUT2D eigenvalue weighted by atomic mass is 15.1. The van der Waals surface area contributed by atoms with Gasteiger partial charge in [-0.1, -0.05) is 142 Å². The maximum Gasteiger partial charge on any atom is 0.0485 e. The molecule has 0 fully saturated rings. The quantitative estimate of drug-likeness (QED) is 0.178. The van der Waals surface area contributed by atoms with E-state index in [1.165, 1.54) is 90.2 Å². The first-order chi connectivity index (χ1) is 28.7. The summed E-state index contributed by atoms with van der Waals surface area (Å²) in [5.74, 6) is 3.14. The van der Waals surface area contributed by atoms with Crippen LogP contribution in [0.4, 0.5) is 5.69 Å². The van der Waals surface area contributed by atoms with Crippen molar-refractivity contribution in [1.82, 2.24) is 0 Å². The Morgan fingerprint density at radius 3 is 2.54 bits per heavy atom. The smallest absolute Gasteiger partial charge is 0.0485 e. The Balaban J connectivity index is 1.32. The third kappa shape index (κ3) is 8.08. The fraction of sp³-hybridized carbons (Fsp3) is 0.310. The van der Waals surface area contributed by atoms with Crippen molar-refractivity contribution in [3.63, 3.8) is 0 Å². The SMILES string of the molecule is C#C\C=C/C=C1/C=C/C=C(N(C/C=C2\C(=C/C)Cc3c2cc2c(c3-c3ccccc3)C(C)CC/C=C\CC2)c2c(C)ccc3c2CC2=C3CCC=C2)\C=C(/C)C(C)(C)C1. The average molecular weight is 772 g/mol. The number of terminal acetylenes is 1. The van der Waals surface area contributed by atoms with Crippen LogP contribution in [0, 0.1) is 24.7 Å². The van der Waals surface area contributed by atoms with Gasteiger partial charge in [0.2, 0.25) is 0 Å². The predicted molar refractivity (Wildman–Crippen MR) is 255 cm³/mol. The number of fused-ring (bicyclic) bond motifs is 4. The molecule has 0 bridgehead atoms. The minimum atomic E-state index is -0.0505. The highest BCUT2D eigenvalue weighted by Crippen LogP contribution is 2.49. The molecule has 0 aromatic heterocycles. The van der Waals surface area contributed by atoms with Gasteiger partial charge >= 0.3 is 0 Å². The Hall–Kier alpha value is -5.58. The van der Waals surface area contributed by atoms with Gasteiger partial charge in [0.1, 0.15) is 0 Å². The van der Waals surface area contributed by atoms with Gasteiger partial charge in [-0.15, -0.1) is 6.42 Å². The number of hydrogen-bond donors (Lipinski definition) is 0. The summed E-state index contributed by atoms with van der Waals surface area (Å²) in [6.07, 6.45) is 45.0. The summed E-state index contributed by atoms with van der Waals surface area (Å²) >= 11 is 0. The van der Waals surface area contributed by atoms with Crippen molar-refractivity contribution in [3.05, 3.63) is 194 Å². The number of benzene rings is 3. The Morgan fingerprint density at radius 2 is 1.73 bits per heavy atom. The van der Waals surface area contributed by atoms with Crippen molar-refractivity contribution in [2.45, 2.75) is 105 Å². The molecule has 0 spiro atoms. The van der Waals surface area contributed by atoms with Crippen LogP contribution in [0.5, 0.6) is 0 Å². The first-order valence-corrected chi connectivity index (χ1v) is 22.1. The van der Waals surface area contributed by atoms with Crippen molar-refractivity contribution >= 4 is 16.8 Å². The largest absolute Gasteiger partial charge is 0.337 e. The molecule has 1 unspecified atom stereocenters. The van der Waals surface area contributed by atoms with Gasteiger partial charge in [-0.3, -0.25) is 0 Å². The van der Waals surface area contributed by atoms with E-state index in [0.717, 1.165) is 57.9 Å². The summed E-state index contributed by atoms with van der Waals surface area (Å²) < 4.78 is 0. The van der Waals surface area contributed by atoms with Gasteiger partial charge in [0, 0.05) is 24.4 Å². The first kappa shape index (κ1) is 40.2. The molecule has 0 N–H and O–H groups in total. The molecule has 0 heterocycles. The Kier molecular flexibility index (Phi) is 11.8. The third-order valence-electron chi connectivity index (χ3n) is 13.6. The topological polar surface area (TPSA) is 3.24 Å². The normalized spacial score (nSPS) is 24.6. The van der Waals surface area contributed by atoms with Gasteiger partial charge in [0.05, 0.1) is 0 Å². The first-order valence-electron chi connectivity index (χ1n) is 22.1. The van der Waals surface area contributed by atoms with E-state index in [9.17, 15) is 0 Å². The van der Waals surface area contributed by atoms with Crippen molar-refractivity contribution in [2.24, 2.45) is 5.41 Å². The van der Waals surface area contributed by atoms with E-state index in [-0.39, 0.29) is 5.41 Å². The molecule has 0 saturated heterocycles. The molecule has 5 aliphatic rings. The molecule has 0 saturated carbocycles. The molecule has 1 nitrogen and oxygen atoms in total. The lowest BCUT2D eigenvalue weighted by Crippen LogP contribution is -2.25. The molecule has 0 radical (unpaired) electrons. The number of allylic oxidation sites excluding steroid dienone is 18. The van der Waals surface area contributed by atoms with Crippen LogP contribution >= 0.6 is 0 Å². The number of anilines is 1. The molecule has 0 amide bonds. The van der Waals surface area contributed by atoms with Crippen LogP contribution < -0.4 is 4.90 Å². The number of rotatable bonds is 6. The summed E-state index contributed by atoms with van der Waals surface area (Å²) in [4.78, 5) is 2.65. The fourth-order valence-electron chi connectivity index (χ4n) is 10.3. The zero-order valence-electron chi connectivity index (χ0n) is 36.3. The zero-order chi connectivity index (χ0) is 41.1. The Morgan fingerprint density at radius 1 is 0.915 bits per heavy atom. The van der Waals surface area contributed by atoms with E-state index >= 15 is 0 Å². The molecule has 8 rings (SSSR count). The lowest BCUT2D eigenvalue weighted by molar-refractivity contribution is 0.445. The second-order valence-corrected chi connectivity index (χ2v) is 17.9. The van der Waals surface area contributed by atoms with Gasteiger partial charge in [0.15, 0.2) is 0 Å². The van der Waals surface area contributed by atoms with Crippen LogP contribution in [0.3, 0.4) is 0 Å². The minimum absolute atomic E-state index is 0.0505. The maximum absolute atomic E-state index is 5.58. The van der Waals surface area contributed by atoms with Gasteiger partial charge in [-0.25, -0.2) is 0 Å². The van der Waals surface area contributed by atoms with E-state index < -0.39 is 0 Å². The van der Waals surface area contributed by atoms with Gasteiger partial charge in [-0.05, 0) is 180 Å². The Labute approximate surface area is 355 Å². The van der Waals surface area contributed by atoms with Gasteiger partial charge in [-0.2, -0.15) is 0 Å². The lowest BCUT2D eigenvalue weighted by atomic mass is 9.79. The van der Waals surface area contributed by atoms with Crippen molar-refractivity contribution < 1.29 is 0 Å². The van der Waals surface area contributed by atoms with E-state index in [4.69, 9.17) is 6.42 Å². The molecule has 1 heteroatoms. The number of aryl methyl sites for hydroxylation is 2. The molecule has 3 aromatic rings. The van der Waals surface area contributed by atoms with E-state index in [1.54, 1.807) is 17.2 Å². The third-order valence-corrected chi connectivity index (χ3v) is 13.6. The maximum atomic E-state index is 5.58. The van der Waals surface area contributed by atoms with Crippen LogP contribution in [-0.4, -0.2) is 6.54 Å². The highest BCUT2D eigenvalue weighted by Gasteiger charge is 2.32. The number of hydrogen-bond acceptors (Lipinski definition) is 1. The highest BCUT2D eigenvalue weighted by molar-refractivity contribution is 5.93. The predicted octanol–water partition coefficient (Wildman–Crippen LogP) is 15.0. The number of nitrogens with zero attached hydrogens (tertiary/aromatic N) is 1.